The van der Waals surface area contributed by atoms with Crippen LogP contribution in [0.2, 0.25) is 5.02 Å². The molecule has 0 aliphatic heterocycles. The van der Waals surface area contributed by atoms with E-state index in [1.165, 1.54) is 0 Å². The number of anilines is 1. The van der Waals surface area contributed by atoms with Gasteiger partial charge in [0.25, 0.3) is 0 Å². The van der Waals surface area contributed by atoms with Crippen molar-refractivity contribution in [1.82, 2.24) is 0 Å². The van der Waals surface area contributed by atoms with Gasteiger partial charge in [0.05, 0.1) is 6.61 Å². The molecule has 2 atom stereocenters. The zero-order valence-electron chi connectivity index (χ0n) is 13.7. The fourth-order valence-electron chi connectivity index (χ4n) is 2.47. The minimum atomic E-state index is -3.01. The van der Waals surface area contributed by atoms with Crippen LogP contribution in [0.3, 0.4) is 0 Å². The van der Waals surface area contributed by atoms with Gasteiger partial charge in [0.1, 0.15) is 5.78 Å². The molecule has 2 aromatic carbocycles. The third kappa shape index (κ3) is 4.17. The Morgan fingerprint density at radius 3 is 2.26 bits per heavy atom. The summed E-state index contributed by atoms with van der Waals surface area (Å²) < 4.78 is 19.4. The molecule has 0 bridgehead atoms. The second-order valence-electron chi connectivity index (χ2n) is 5.59. The van der Waals surface area contributed by atoms with Crippen LogP contribution in [-0.4, -0.2) is 12.3 Å². The van der Waals surface area contributed by atoms with Gasteiger partial charge >= 0.3 is 0 Å². The zero-order valence-corrected chi connectivity index (χ0v) is 15.3. The van der Waals surface area contributed by atoms with E-state index in [0.29, 0.717) is 11.6 Å². The first kappa shape index (κ1) is 18.1. The summed E-state index contributed by atoms with van der Waals surface area (Å²) in [7, 11) is -3.01. The van der Waals surface area contributed by atoms with E-state index in [-0.39, 0.29) is 5.66 Å². The topological polar surface area (TPSA) is 38.3 Å². The van der Waals surface area contributed by atoms with Crippen molar-refractivity contribution in [2.45, 2.75) is 32.2 Å². The molecule has 3 nitrogen and oxygen atoms in total. The van der Waals surface area contributed by atoms with Crippen LogP contribution in [0.25, 0.3) is 0 Å². The third-order valence-corrected chi connectivity index (χ3v) is 7.26. The molecule has 23 heavy (non-hydrogen) atoms. The van der Waals surface area contributed by atoms with Crippen molar-refractivity contribution in [3.63, 3.8) is 0 Å². The van der Waals surface area contributed by atoms with Crippen LogP contribution in [0.4, 0.5) is 5.69 Å². The van der Waals surface area contributed by atoms with Crippen molar-refractivity contribution >= 4 is 24.7 Å². The van der Waals surface area contributed by atoms with Crippen molar-refractivity contribution in [3.05, 3.63) is 65.2 Å². The average molecular weight is 352 g/mol. The molecule has 0 saturated carbocycles. The van der Waals surface area contributed by atoms with E-state index in [1.807, 2.05) is 75.4 Å². The summed E-state index contributed by atoms with van der Waals surface area (Å²) in [5.41, 5.74) is 1.56. The van der Waals surface area contributed by atoms with E-state index in [4.69, 9.17) is 16.1 Å². The summed E-state index contributed by atoms with van der Waals surface area (Å²) in [5, 5.41) is 3.96. The number of benzene rings is 2. The lowest BCUT2D eigenvalue weighted by Crippen LogP contribution is -2.18. The van der Waals surface area contributed by atoms with E-state index < -0.39 is 13.2 Å². The van der Waals surface area contributed by atoms with Gasteiger partial charge in [0.2, 0.25) is 7.37 Å². The number of hydrogen-bond acceptors (Lipinski definition) is 3. The Morgan fingerprint density at radius 1 is 1.09 bits per heavy atom. The summed E-state index contributed by atoms with van der Waals surface area (Å²) in [5.74, 6) is -0.487. The van der Waals surface area contributed by atoms with Crippen molar-refractivity contribution in [3.8, 4) is 0 Å². The molecule has 2 rings (SSSR count). The molecule has 0 aliphatic rings. The number of nitrogens with one attached hydrogen (secondary N) is 1. The van der Waals surface area contributed by atoms with Crippen LogP contribution in [0, 0.1) is 0 Å². The molecule has 0 amide bonds. The van der Waals surface area contributed by atoms with Gasteiger partial charge in [0, 0.05) is 21.9 Å². The maximum absolute atomic E-state index is 13.6. The van der Waals surface area contributed by atoms with Crippen LogP contribution < -0.4 is 5.32 Å². The number of halogens is 1. The molecule has 0 fully saturated rings. The standard InChI is InChI=1S/C18H23ClNO2P/c1-4-22-23(21,14(2)3)18(16-12-8-9-13-17(16)19)20-15-10-6-5-7-11-15/h5-14,18,20H,4H2,1-3H3. The first-order valence-electron chi connectivity index (χ1n) is 7.79. The molecule has 2 unspecified atom stereocenters. The zero-order chi connectivity index (χ0) is 16.9. The van der Waals surface area contributed by atoms with E-state index >= 15 is 0 Å². The Hall–Kier alpha value is -1.28. The first-order chi connectivity index (χ1) is 11.0. The Morgan fingerprint density at radius 2 is 1.70 bits per heavy atom. The molecule has 0 spiro atoms. The molecule has 124 valence electrons. The van der Waals surface area contributed by atoms with Crippen LogP contribution in [-0.2, 0) is 9.09 Å². The third-order valence-electron chi connectivity index (χ3n) is 3.69. The lowest BCUT2D eigenvalue weighted by Gasteiger charge is -2.32. The van der Waals surface area contributed by atoms with Gasteiger partial charge in [-0.25, -0.2) is 0 Å². The highest BCUT2D eigenvalue weighted by Crippen LogP contribution is 2.64. The summed E-state index contributed by atoms with van der Waals surface area (Å²) >= 11 is 6.38. The lowest BCUT2D eigenvalue weighted by atomic mass is 10.2. The summed E-state index contributed by atoms with van der Waals surface area (Å²) in [6.07, 6.45) is 0. The highest BCUT2D eigenvalue weighted by atomic mass is 35.5. The highest BCUT2D eigenvalue weighted by Gasteiger charge is 2.39. The maximum Gasteiger partial charge on any atom is 0.231 e. The Labute approximate surface area is 143 Å². The molecule has 2 aromatic rings. The van der Waals surface area contributed by atoms with E-state index in [0.717, 1.165) is 11.3 Å². The van der Waals surface area contributed by atoms with Crippen LogP contribution in [0.5, 0.6) is 0 Å². The lowest BCUT2D eigenvalue weighted by molar-refractivity contribution is 0.322. The van der Waals surface area contributed by atoms with Crippen molar-refractivity contribution in [2.75, 3.05) is 11.9 Å². The molecule has 1 N–H and O–H groups in total. The summed E-state index contributed by atoms with van der Waals surface area (Å²) in [4.78, 5) is 0. The van der Waals surface area contributed by atoms with Gasteiger partial charge in [-0.3, -0.25) is 4.57 Å². The second kappa shape index (κ2) is 8.01. The average Bonchev–Trinajstić information content (AvgIpc) is 2.54. The Balaban J connectivity index is 2.51. The minimum Gasteiger partial charge on any atom is -0.370 e. The molecule has 0 heterocycles. The molecule has 0 aromatic heterocycles. The van der Waals surface area contributed by atoms with E-state index in [9.17, 15) is 4.57 Å². The smallest absolute Gasteiger partial charge is 0.231 e. The molecule has 5 heteroatoms. The SMILES string of the molecule is CCOP(=O)(C(C)C)C(Nc1ccccc1)c1ccccc1Cl. The Kier molecular flexibility index (Phi) is 6.29. The van der Waals surface area contributed by atoms with Crippen molar-refractivity contribution in [1.29, 1.82) is 0 Å². The molecular weight excluding hydrogens is 329 g/mol. The monoisotopic (exact) mass is 351 g/mol. The first-order valence-corrected chi connectivity index (χ1v) is 9.93. The van der Waals surface area contributed by atoms with Gasteiger partial charge in [-0.15, -0.1) is 0 Å². The predicted molar refractivity (Wildman–Crippen MR) is 98.6 cm³/mol. The van der Waals surface area contributed by atoms with Crippen LogP contribution in [0.15, 0.2) is 54.6 Å². The predicted octanol–water partition coefficient (Wildman–Crippen LogP) is 6.17. The largest absolute Gasteiger partial charge is 0.370 e. The summed E-state index contributed by atoms with van der Waals surface area (Å²) in [6.45, 7) is 6.11. The second-order valence-corrected chi connectivity index (χ2v) is 9.10. The quantitative estimate of drug-likeness (QED) is 0.606. The minimum absolute atomic E-state index is 0.125. The van der Waals surface area contributed by atoms with Crippen LogP contribution in [0.1, 0.15) is 32.1 Å². The highest BCUT2D eigenvalue weighted by molar-refractivity contribution is 7.60. The van der Waals surface area contributed by atoms with Gasteiger partial charge < -0.3 is 9.84 Å². The summed E-state index contributed by atoms with van der Waals surface area (Å²) in [6, 6.07) is 17.2. The van der Waals surface area contributed by atoms with E-state index in [1.54, 1.807) is 0 Å². The fourth-order valence-corrected chi connectivity index (χ4v) is 5.18. The van der Waals surface area contributed by atoms with Gasteiger partial charge in [-0.05, 0) is 25.1 Å². The van der Waals surface area contributed by atoms with Gasteiger partial charge in [-0.1, -0.05) is 61.8 Å². The molecule has 0 saturated heterocycles. The van der Waals surface area contributed by atoms with Gasteiger partial charge in [-0.2, -0.15) is 0 Å². The molecule has 0 radical (unpaired) electrons. The van der Waals surface area contributed by atoms with Crippen LogP contribution >= 0.6 is 19.0 Å². The van der Waals surface area contributed by atoms with Crippen molar-refractivity contribution < 1.29 is 9.09 Å². The molecular formula is C18H23ClNO2P. The normalized spacial score (nSPS) is 15.2. The van der Waals surface area contributed by atoms with Gasteiger partial charge in [0.15, 0.2) is 0 Å². The molecule has 0 aliphatic carbocycles. The number of hydrogen-bond donors (Lipinski definition) is 1. The fraction of sp³-hybridized carbons (Fsp3) is 0.333. The van der Waals surface area contributed by atoms with Crippen molar-refractivity contribution in [2.24, 2.45) is 0 Å². The van der Waals surface area contributed by atoms with E-state index in [2.05, 4.69) is 5.32 Å². The maximum atomic E-state index is 13.6. The number of rotatable bonds is 7. The number of para-hydroxylation sites is 1. The Bertz CT molecular complexity index is 676.